The Bertz CT molecular complexity index is 285. The topological polar surface area (TPSA) is 69.6 Å². The first-order chi connectivity index (χ1) is 7.63. The highest BCUT2D eigenvalue weighted by Crippen LogP contribution is 2.29. The van der Waals surface area contributed by atoms with E-state index >= 15 is 0 Å². The van der Waals surface area contributed by atoms with Crippen LogP contribution in [0, 0.1) is 5.92 Å². The van der Waals surface area contributed by atoms with Gasteiger partial charge in [-0.1, -0.05) is 0 Å². The Kier molecular flexibility index (Phi) is 3.43. The number of aliphatic carboxylic acids is 1. The molecule has 0 spiro atoms. The molecular formula is C11H18N2O3. The fraction of sp³-hybridized carbons (Fsp3) is 0.818. The van der Waals surface area contributed by atoms with Crippen LogP contribution in [0.5, 0.6) is 0 Å². The second-order valence-electron chi connectivity index (χ2n) is 4.85. The lowest BCUT2D eigenvalue weighted by atomic mass is 10.3. The molecule has 0 aromatic heterocycles. The maximum Gasteiger partial charge on any atom is 0.317 e. The minimum absolute atomic E-state index is 0.0331. The van der Waals surface area contributed by atoms with Crippen LogP contribution in [-0.4, -0.2) is 47.6 Å². The molecule has 5 nitrogen and oxygen atoms in total. The molecule has 5 heteroatoms. The highest BCUT2D eigenvalue weighted by molar-refractivity contribution is 5.79. The van der Waals surface area contributed by atoms with Crippen LogP contribution in [0.1, 0.15) is 25.7 Å². The van der Waals surface area contributed by atoms with E-state index in [2.05, 4.69) is 5.32 Å². The van der Waals surface area contributed by atoms with Crippen LogP contribution in [0.2, 0.25) is 0 Å². The van der Waals surface area contributed by atoms with E-state index in [9.17, 15) is 9.59 Å². The van der Waals surface area contributed by atoms with E-state index < -0.39 is 5.97 Å². The molecule has 2 fully saturated rings. The van der Waals surface area contributed by atoms with Gasteiger partial charge in [0.2, 0.25) is 5.91 Å². The number of nitrogens with one attached hydrogen (secondary N) is 1. The van der Waals surface area contributed by atoms with Crippen LogP contribution in [0.25, 0.3) is 0 Å². The van der Waals surface area contributed by atoms with Crippen molar-refractivity contribution in [1.82, 2.24) is 10.2 Å². The predicted octanol–water partition coefficient (Wildman–Crippen LogP) is 0.0616. The average molecular weight is 226 g/mol. The number of carboxylic acid groups (broad SMARTS) is 1. The third-order valence-electron chi connectivity index (χ3n) is 2.88. The standard InChI is InChI=1S/C11H18N2O3/c14-10(12-9-3-4-9)6-13(7-11(15)16)5-8-1-2-8/h8-9H,1-7H2,(H,12,14)(H,15,16). The summed E-state index contributed by atoms with van der Waals surface area (Å²) in [6.45, 7) is 0.929. The molecule has 0 aliphatic heterocycles. The molecular weight excluding hydrogens is 208 g/mol. The summed E-state index contributed by atoms with van der Waals surface area (Å²) in [5.41, 5.74) is 0. The van der Waals surface area contributed by atoms with Gasteiger partial charge >= 0.3 is 5.97 Å². The molecule has 2 aliphatic rings. The number of hydrogen-bond donors (Lipinski definition) is 2. The van der Waals surface area contributed by atoms with Crippen LogP contribution in [-0.2, 0) is 9.59 Å². The molecule has 0 radical (unpaired) electrons. The van der Waals surface area contributed by atoms with Gasteiger partial charge in [0.1, 0.15) is 0 Å². The average Bonchev–Trinajstić information content (AvgIpc) is 2.97. The molecule has 90 valence electrons. The van der Waals surface area contributed by atoms with Gasteiger partial charge in [0.15, 0.2) is 0 Å². The van der Waals surface area contributed by atoms with Crippen molar-refractivity contribution in [2.75, 3.05) is 19.6 Å². The number of hydrogen-bond acceptors (Lipinski definition) is 3. The monoisotopic (exact) mass is 226 g/mol. The van der Waals surface area contributed by atoms with Gasteiger partial charge in [-0.2, -0.15) is 0 Å². The van der Waals surface area contributed by atoms with Gasteiger partial charge in [0.25, 0.3) is 0 Å². The first-order valence-electron chi connectivity index (χ1n) is 5.87. The summed E-state index contributed by atoms with van der Waals surface area (Å²) in [6, 6.07) is 0.347. The summed E-state index contributed by atoms with van der Waals surface area (Å²) in [4.78, 5) is 23.9. The summed E-state index contributed by atoms with van der Waals surface area (Å²) in [7, 11) is 0. The normalized spacial score (nSPS) is 19.8. The summed E-state index contributed by atoms with van der Waals surface area (Å²) < 4.78 is 0. The van der Waals surface area contributed by atoms with E-state index in [0.29, 0.717) is 12.0 Å². The fourth-order valence-corrected chi connectivity index (χ4v) is 1.75. The van der Waals surface area contributed by atoms with Gasteiger partial charge in [0.05, 0.1) is 13.1 Å². The lowest BCUT2D eigenvalue weighted by Gasteiger charge is -2.19. The Morgan fingerprint density at radius 3 is 2.38 bits per heavy atom. The minimum atomic E-state index is -0.861. The molecule has 2 N–H and O–H groups in total. The Hall–Kier alpha value is -1.10. The first kappa shape index (κ1) is 11.4. The quantitative estimate of drug-likeness (QED) is 0.644. The Labute approximate surface area is 94.8 Å². The smallest absolute Gasteiger partial charge is 0.317 e. The molecule has 2 saturated carbocycles. The first-order valence-corrected chi connectivity index (χ1v) is 5.87. The molecule has 1 amide bonds. The van der Waals surface area contributed by atoms with Crippen molar-refractivity contribution in [3.8, 4) is 0 Å². The SMILES string of the molecule is O=C(O)CN(CC(=O)NC1CC1)CC1CC1. The zero-order chi connectivity index (χ0) is 11.5. The van der Waals surface area contributed by atoms with E-state index in [1.54, 1.807) is 4.90 Å². The van der Waals surface area contributed by atoms with E-state index in [-0.39, 0.29) is 19.0 Å². The molecule has 0 atom stereocenters. The van der Waals surface area contributed by atoms with Gasteiger partial charge in [0, 0.05) is 12.6 Å². The van der Waals surface area contributed by atoms with E-state index in [1.807, 2.05) is 0 Å². The van der Waals surface area contributed by atoms with E-state index in [1.165, 1.54) is 12.8 Å². The van der Waals surface area contributed by atoms with Crippen LogP contribution in [0.4, 0.5) is 0 Å². The summed E-state index contributed by atoms with van der Waals surface area (Å²) in [6.07, 6.45) is 4.46. The Morgan fingerprint density at radius 1 is 1.19 bits per heavy atom. The second-order valence-corrected chi connectivity index (χ2v) is 4.85. The van der Waals surface area contributed by atoms with Crippen LogP contribution >= 0.6 is 0 Å². The highest BCUT2D eigenvalue weighted by atomic mass is 16.4. The number of carbonyl (C=O) groups is 2. The van der Waals surface area contributed by atoms with Gasteiger partial charge in [-0.25, -0.2) is 0 Å². The van der Waals surface area contributed by atoms with Gasteiger partial charge in [-0.3, -0.25) is 14.5 Å². The maximum atomic E-state index is 11.5. The lowest BCUT2D eigenvalue weighted by Crippen LogP contribution is -2.41. The Balaban J connectivity index is 1.74. The minimum Gasteiger partial charge on any atom is -0.480 e. The molecule has 0 aromatic rings. The zero-order valence-electron chi connectivity index (χ0n) is 9.32. The maximum absolute atomic E-state index is 11.5. The third-order valence-corrected chi connectivity index (χ3v) is 2.88. The molecule has 0 saturated heterocycles. The Morgan fingerprint density at radius 2 is 1.88 bits per heavy atom. The number of amides is 1. The zero-order valence-corrected chi connectivity index (χ0v) is 9.32. The molecule has 0 bridgehead atoms. The predicted molar refractivity (Wildman–Crippen MR) is 58.0 cm³/mol. The van der Waals surface area contributed by atoms with Crippen molar-refractivity contribution >= 4 is 11.9 Å². The van der Waals surface area contributed by atoms with Crippen molar-refractivity contribution < 1.29 is 14.7 Å². The number of carboxylic acids is 1. The molecule has 0 unspecified atom stereocenters. The summed E-state index contributed by atoms with van der Waals surface area (Å²) >= 11 is 0. The molecule has 0 heterocycles. The van der Waals surface area contributed by atoms with Crippen molar-refractivity contribution in [2.24, 2.45) is 5.92 Å². The van der Waals surface area contributed by atoms with Crippen LogP contribution < -0.4 is 5.32 Å². The number of carbonyl (C=O) groups excluding carboxylic acids is 1. The molecule has 0 aromatic carbocycles. The fourth-order valence-electron chi connectivity index (χ4n) is 1.75. The van der Waals surface area contributed by atoms with Crippen molar-refractivity contribution in [3.63, 3.8) is 0 Å². The van der Waals surface area contributed by atoms with Crippen molar-refractivity contribution in [2.45, 2.75) is 31.7 Å². The molecule has 2 aliphatic carbocycles. The van der Waals surface area contributed by atoms with E-state index in [4.69, 9.17) is 5.11 Å². The van der Waals surface area contributed by atoms with Crippen molar-refractivity contribution in [3.05, 3.63) is 0 Å². The summed E-state index contributed by atoms with van der Waals surface area (Å²) in [5, 5.41) is 11.6. The van der Waals surface area contributed by atoms with E-state index in [0.717, 1.165) is 19.4 Å². The van der Waals surface area contributed by atoms with Gasteiger partial charge < -0.3 is 10.4 Å². The van der Waals surface area contributed by atoms with Gasteiger partial charge in [-0.15, -0.1) is 0 Å². The molecule has 16 heavy (non-hydrogen) atoms. The van der Waals surface area contributed by atoms with Gasteiger partial charge in [-0.05, 0) is 31.6 Å². The van der Waals surface area contributed by atoms with Crippen LogP contribution in [0.15, 0.2) is 0 Å². The van der Waals surface area contributed by atoms with Crippen molar-refractivity contribution in [1.29, 1.82) is 0 Å². The summed E-state index contributed by atoms with van der Waals surface area (Å²) in [5.74, 6) is -0.294. The number of nitrogens with zero attached hydrogens (tertiary/aromatic N) is 1. The lowest BCUT2D eigenvalue weighted by molar-refractivity contribution is -0.138. The largest absolute Gasteiger partial charge is 0.480 e. The number of rotatable bonds is 7. The van der Waals surface area contributed by atoms with Crippen LogP contribution in [0.3, 0.4) is 0 Å². The highest BCUT2D eigenvalue weighted by Gasteiger charge is 2.28. The molecule has 2 rings (SSSR count). The second kappa shape index (κ2) is 4.82. The third kappa shape index (κ3) is 4.18.